The van der Waals surface area contributed by atoms with Gasteiger partial charge in [-0.2, -0.15) is 0 Å². The Labute approximate surface area is 156 Å². The van der Waals surface area contributed by atoms with Crippen LogP contribution in [-0.2, 0) is 9.59 Å². The molecule has 1 heterocycles. The molecule has 5 nitrogen and oxygen atoms in total. The van der Waals surface area contributed by atoms with E-state index in [9.17, 15) is 9.59 Å². The van der Waals surface area contributed by atoms with Crippen LogP contribution in [0, 0.1) is 12.8 Å². The molecule has 2 fully saturated rings. The summed E-state index contributed by atoms with van der Waals surface area (Å²) in [6, 6.07) is 7.18. The predicted octanol–water partition coefficient (Wildman–Crippen LogP) is 2.64. The van der Waals surface area contributed by atoms with E-state index < -0.39 is 6.04 Å². The molecule has 2 N–H and O–H groups in total. The van der Waals surface area contributed by atoms with Gasteiger partial charge in [-0.05, 0) is 37.7 Å². The fourth-order valence-corrected chi connectivity index (χ4v) is 4.09. The molecule has 0 spiro atoms. The zero-order valence-electron chi connectivity index (χ0n) is 15.8. The van der Waals surface area contributed by atoms with Crippen LogP contribution in [0.15, 0.2) is 24.3 Å². The maximum absolute atomic E-state index is 12.8. The van der Waals surface area contributed by atoms with Crippen LogP contribution in [0.3, 0.4) is 0 Å². The summed E-state index contributed by atoms with van der Waals surface area (Å²) in [6.07, 6.45) is 6.40. The van der Waals surface area contributed by atoms with Crippen LogP contribution in [0.25, 0.3) is 0 Å². The number of amides is 2. The molecule has 1 saturated heterocycles. The SMILES string of the molecule is Cc1ccc(C(N)C(=O)N2CCCN(C(=O)CC3CCCC3)CC2)cc1. The second-order valence-electron chi connectivity index (χ2n) is 7.80. The van der Waals surface area contributed by atoms with E-state index in [-0.39, 0.29) is 11.8 Å². The molecular formula is C21H31N3O2. The van der Waals surface area contributed by atoms with Crippen molar-refractivity contribution >= 4 is 11.8 Å². The van der Waals surface area contributed by atoms with Gasteiger partial charge in [-0.1, -0.05) is 42.7 Å². The van der Waals surface area contributed by atoms with Crippen LogP contribution in [0.5, 0.6) is 0 Å². The van der Waals surface area contributed by atoms with Crippen LogP contribution >= 0.6 is 0 Å². The maximum atomic E-state index is 12.8. The van der Waals surface area contributed by atoms with Crippen LogP contribution in [0.2, 0.25) is 0 Å². The Morgan fingerprint density at radius 3 is 2.31 bits per heavy atom. The standard InChI is InChI=1S/C21H31N3O2/c1-16-7-9-18(10-8-16)20(22)21(26)24-12-4-11-23(13-14-24)19(25)15-17-5-2-3-6-17/h7-10,17,20H,2-6,11-15,22H2,1H3. The van der Waals surface area contributed by atoms with E-state index in [0.717, 1.165) is 24.1 Å². The van der Waals surface area contributed by atoms with Crippen molar-refractivity contribution in [2.24, 2.45) is 11.7 Å². The molecule has 3 rings (SSSR count). The van der Waals surface area contributed by atoms with Gasteiger partial charge < -0.3 is 15.5 Å². The van der Waals surface area contributed by atoms with Gasteiger partial charge >= 0.3 is 0 Å². The fourth-order valence-electron chi connectivity index (χ4n) is 4.09. The molecular weight excluding hydrogens is 326 g/mol. The van der Waals surface area contributed by atoms with Crippen LogP contribution in [0.1, 0.15) is 55.7 Å². The van der Waals surface area contributed by atoms with E-state index in [2.05, 4.69) is 0 Å². The van der Waals surface area contributed by atoms with Crippen molar-refractivity contribution in [2.75, 3.05) is 26.2 Å². The van der Waals surface area contributed by atoms with Crippen molar-refractivity contribution in [1.82, 2.24) is 9.80 Å². The monoisotopic (exact) mass is 357 g/mol. The third-order valence-electron chi connectivity index (χ3n) is 5.80. The minimum atomic E-state index is -0.628. The minimum Gasteiger partial charge on any atom is -0.341 e. The van der Waals surface area contributed by atoms with Crippen LogP contribution < -0.4 is 5.73 Å². The van der Waals surface area contributed by atoms with E-state index in [1.807, 2.05) is 41.0 Å². The Kier molecular flexibility index (Phi) is 6.30. The van der Waals surface area contributed by atoms with Gasteiger partial charge in [0.25, 0.3) is 0 Å². The Bertz CT molecular complexity index is 623. The molecule has 0 radical (unpaired) electrons. The number of hydrogen-bond acceptors (Lipinski definition) is 3. The summed E-state index contributed by atoms with van der Waals surface area (Å²) in [5, 5.41) is 0. The Morgan fingerprint density at radius 1 is 1.00 bits per heavy atom. The summed E-state index contributed by atoms with van der Waals surface area (Å²) < 4.78 is 0. The van der Waals surface area contributed by atoms with E-state index in [1.54, 1.807) is 0 Å². The van der Waals surface area contributed by atoms with Crippen LogP contribution in [-0.4, -0.2) is 47.8 Å². The molecule has 142 valence electrons. The number of aryl methyl sites for hydroxylation is 1. The van der Waals surface area contributed by atoms with E-state index in [4.69, 9.17) is 5.73 Å². The van der Waals surface area contributed by atoms with Crippen molar-refractivity contribution < 1.29 is 9.59 Å². The summed E-state index contributed by atoms with van der Waals surface area (Å²) in [5.41, 5.74) is 8.20. The third kappa shape index (κ3) is 4.64. The molecule has 1 aromatic rings. The molecule has 1 atom stereocenters. The summed E-state index contributed by atoms with van der Waals surface area (Å²) >= 11 is 0. The van der Waals surface area contributed by atoms with Gasteiger partial charge in [-0.25, -0.2) is 0 Å². The van der Waals surface area contributed by atoms with Gasteiger partial charge in [0, 0.05) is 32.6 Å². The second kappa shape index (κ2) is 8.67. The average molecular weight is 357 g/mol. The van der Waals surface area contributed by atoms with Gasteiger partial charge in [-0.15, -0.1) is 0 Å². The number of nitrogens with zero attached hydrogens (tertiary/aromatic N) is 2. The van der Waals surface area contributed by atoms with Crippen molar-refractivity contribution in [3.05, 3.63) is 35.4 Å². The first-order chi connectivity index (χ1) is 12.5. The zero-order valence-corrected chi connectivity index (χ0v) is 15.8. The highest BCUT2D eigenvalue weighted by molar-refractivity contribution is 5.83. The highest BCUT2D eigenvalue weighted by atomic mass is 16.2. The van der Waals surface area contributed by atoms with Gasteiger partial charge in [0.15, 0.2) is 0 Å². The number of carbonyl (C=O) groups excluding carboxylic acids is 2. The van der Waals surface area contributed by atoms with Crippen LogP contribution in [0.4, 0.5) is 0 Å². The average Bonchev–Trinajstić information content (AvgIpc) is 3.02. The lowest BCUT2D eigenvalue weighted by Crippen LogP contribution is -2.41. The molecule has 0 bridgehead atoms. The number of nitrogens with two attached hydrogens (primary N) is 1. The topological polar surface area (TPSA) is 66.6 Å². The van der Waals surface area contributed by atoms with Gasteiger partial charge in [0.1, 0.15) is 6.04 Å². The lowest BCUT2D eigenvalue weighted by molar-refractivity contribution is -0.134. The van der Waals surface area contributed by atoms with E-state index >= 15 is 0 Å². The predicted molar refractivity (Wildman–Crippen MR) is 102 cm³/mol. The second-order valence-corrected chi connectivity index (χ2v) is 7.80. The molecule has 1 aliphatic heterocycles. The number of carbonyl (C=O) groups is 2. The Balaban J connectivity index is 1.54. The molecule has 1 aliphatic carbocycles. The summed E-state index contributed by atoms with van der Waals surface area (Å²) in [6.45, 7) is 4.64. The molecule has 26 heavy (non-hydrogen) atoms. The lowest BCUT2D eigenvalue weighted by atomic mass is 10.0. The highest BCUT2D eigenvalue weighted by Crippen LogP contribution is 2.28. The van der Waals surface area contributed by atoms with Crippen molar-refractivity contribution in [2.45, 2.75) is 51.5 Å². The normalized spacial score (nSPS) is 20.1. The highest BCUT2D eigenvalue weighted by Gasteiger charge is 2.27. The fraction of sp³-hybridized carbons (Fsp3) is 0.619. The Hall–Kier alpha value is -1.88. The van der Waals surface area contributed by atoms with Crippen molar-refractivity contribution in [3.63, 3.8) is 0 Å². The third-order valence-corrected chi connectivity index (χ3v) is 5.80. The van der Waals surface area contributed by atoms with Gasteiger partial charge in [0.2, 0.25) is 11.8 Å². The van der Waals surface area contributed by atoms with E-state index in [0.29, 0.717) is 32.0 Å². The molecule has 5 heteroatoms. The van der Waals surface area contributed by atoms with Crippen molar-refractivity contribution in [3.8, 4) is 0 Å². The number of hydrogen-bond donors (Lipinski definition) is 1. The van der Waals surface area contributed by atoms with Gasteiger partial charge in [-0.3, -0.25) is 9.59 Å². The molecule has 1 saturated carbocycles. The van der Waals surface area contributed by atoms with Gasteiger partial charge in [0.05, 0.1) is 0 Å². The summed E-state index contributed by atoms with van der Waals surface area (Å²) in [5.74, 6) is 0.784. The molecule has 1 unspecified atom stereocenters. The van der Waals surface area contributed by atoms with E-state index in [1.165, 1.54) is 25.7 Å². The number of rotatable bonds is 4. The first-order valence-electron chi connectivity index (χ1n) is 9.93. The Morgan fingerprint density at radius 2 is 1.62 bits per heavy atom. The first-order valence-corrected chi connectivity index (χ1v) is 9.93. The molecule has 2 aliphatic rings. The smallest absolute Gasteiger partial charge is 0.244 e. The maximum Gasteiger partial charge on any atom is 0.244 e. The molecule has 1 aromatic carbocycles. The minimum absolute atomic E-state index is 0.0426. The largest absolute Gasteiger partial charge is 0.341 e. The quantitative estimate of drug-likeness (QED) is 0.901. The molecule has 0 aromatic heterocycles. The first kappa shape index (κ1) is 18.9. The van der Waals surface area contributed by atoms with Crippen molar-refractivity contribution in [1.29, 1.82) is 0 Å². The number of benzene rings is 1. The lowest BCUT2D eigenvalue weighted by Gasteiger charge is -2.25. The molecule has 2 amide bonds. The summed E-state index contributed by atoms with van der Waals surface area (Å²) in [7, 11) is 0. The zero-order chi connectivity index (χ0) is 18.5. The summed E-state index contributed by atoms with van der Waals surface area (Å²) in [4.78, 5) is 29.1.